The fourth-order valence-electron chi connectivity index (χ4n) is 1.95. The van der Waals surface area contributed by atoms with Gasteiger partial charge >= 0.3 is 0 Å². The van der Waals surface area contributed by atoms with Crippen molar-refractivity contribution in [1.82, 2.24) is 5.32 Å². The Bertz CT molecular complexity index is 446. The molecule has 0 aromatic heterocycles. The normalized spacial score (nSPS) is 19.4. The molecule has 0 unspecified atom stereocenters. The van der Waals surface area contributed by atoms with Crippen LogP contribution in [0.1, 0.15) is 18.4 Å². The molecule has 17 heavy (non-hydrogen) atoms. The second-order valence-electron chi connectivity index (χ2n) is 4.60. The van der Waals surface area contributed by atoms with Crippen molar-refractivity contribution in [3.05, 3.63) is 22.7 Å². The highest BCUT2D eigenvalue weighted by atomic mass is 35.5. The summed E-state index contributed by atoms with van der Waals surface area (Å²) in [4.78, 5) is 0. The molecule has 92 valence electrons. The minimum atomic E-state index is -0.0666. The number of fused-ring (bicyclic) bond motifs is 1. The van der Waals surface area contributed by atoms with Gasteiger partial charge in [-0.15, -0.1) is 0 Å². The quantitative estimate of drug-likeness (QED) is 0.860. The highest BCUT2D eigenvalue weighted by molar-refractivity contribution is 6.32. The molecule has 0 spiro atoms. The van der Waals surface area contributed by atoms with Crippen molar-refractivity contribution in [2.45, 2.75) is 24.9 Å². The average molecular weight is 256 g/mol. The number of hydrogen-bond donors (Lipinski definition) is 2. The second-order valence-corrected chi connectivity index (χ2v) is 5.01. The van der Waals surface area contributed by atoms with Gasteiger partial charge in [0.2, 0.25) is 6.79 Å². The highest BCUT2D eigenvalue weighted by Crippen LogP contribution is 2.40. The molecule has 0 amide bonds. The van der Waals surface area contributed by atoms with E-state index in [9.17, 15) is 5.11 Å². The third-order valence-corrected chi connectivity index (χ3v) is 3.59. The molecule has 1 saturated carbocycles. The molecule has 0 radical (unpaired) electrons. The fraction of sp³-hybridized carbons (Fsp3) is 0.500. The summed E-state index contributed by atoms with van der Waals surface area (Å²) in [5.41, 5.74) is 0.974. The summed E-state index contributed by atoms with van der Waals surface area (Å²) in [6, 6.07) is 3.80. The van der Waals surface area contributed by atoms with Crippen LogP contribution in [0.4, 0.5) is 0 Å². The molecule has 1 aromatic rings. The molecule has 0 atom stereocenters. The summed E-state index contributed by atoms with van der Waals surface area (Å²) in [6.07, 6.45) is 2.06. The summed E-state index contributed by atoms with van der Waals surface area (Å²) < 4.78 is 10.6. The average Bonchev–Trinajstić information content (AvgIpc) is 2.96. The standard InChI is InChI=1S/C12H14ClNO3/c13-9-3-8(4-10-11(9)17-7-16-10)5-14-12(6-15)1-2-12/h3-4,14-15H,1-2,5-7H2. The van der Waals surface area contributed by atoms with Crippen LogP contribution in [0.3, 0.4) is 0 Å². The Morgan fingerprint density at radius 3 is 2.88 bits per heavy atom. The Kier molecular flexibility index (Phi) is 2.65. The molecule has 3 rings (SSSR count). The highest BCUT2D eigenvalue weighted by Gasteiger charge is 2.41. The number of benzene rings is 1. The van der Waals surface area contributed by atoms with Crippen LogP contribution in [-0.2, 0) is 6.54 Å². The van der Waals surface area contributed by atoms with Crippen LogP contribution < -0.4 is 14.8 Å². The predicted molar refractivity (Wildman–Crippen MR) is 63.5 cm³/mol. The number of halogens is 1. The first-order valence-electron chi connectivity index (χ1n) is 5.66. The first-order valence-corrected chi connectivity index (χ1v) is 6.04. The Hall–Kier alpha value is -0.970. The largest absolute Gasteiger partial charge is 0.454 e. The third-order valence-electron chi connectivity index (χ3n) is 3.31. The Morgan fingerprint density at radius 2 is 2.18 bits per heavy atom. The molecule has 1 heterocycles. The zero-order valence-corrected chi connectivity index (χ0v) is 10.1. The molecule has 1 aliphatic carbocycles. The van der Waals surface area contributed by atoms with Gasteiger partial charge in [-0.3, -0.25) is 0 Å². The lowest BCUT2D eigenvalue weighted by Crippen LogP contribution is -2.34. The summed E-state index contributed by atoms with van der Waals surface area (Å²) >= 11 is 6.09. The smallest absolute Gasteiger partial charge is 0.231 e. The lowest BCUT2D eigenvalue weighted by Gasteiger charge is -2.14. The molecule has 2 aliphatic rings. The van der Waals surface area contributed by atoms with Gasteiger partial charge in [0.05, 0.1) is 11.6 Å². The van der Waals surface area contributed by atoms with Gasteiger partial charge in [-0.25, -0.2) is 0 Å². The van der Waals surface area contributed by atoms with E-state index in [2.05, 4.69) is 5.32 Å². The van der Waals surface area contributed by atoms with E-state index in [1.54, 1.807) is 0 Å². The molecular weight excluding hydrogens is 242 g/mol. The van der Waals surface area contributed by atoms with Crippen LogP contribution in [-0.4, -0.2) is 24.0 Å². The Balaban J connectivity index is 1.73. The second kappa shape index (κ2) is 4.05. The van der Waals surface area contributed by atoms with Gasteiger partial charge in [0.15, 0.2) is 11.5 Å². The molecule has 4 nitrogen and oxygen atoms in total. The van der Waals surface area contributed by atoms with E-state index in [-0.39, 0.29) is 18.9 Å². The van der Waals surface area contributed by atoms with Gasteiger partial charge in [-0.1, -0.05) is 11.6 Å². The minimum absolute atomic E-state index is 0.0666. The number of ether oxygens (including phenoxy) is 2. The zero-order chi connectivity index (χ0) is 11.9. The van der Waals surface area contributed by atoms with E-state index in [4.69, 9.17) is 21.1 Å². The summed E-state index contributed by atoms with van der Waals surface area (Å²) in [7, 11) is 0. The first-order chi connectivity index (χ1) is 8.22. The maximum atomic E-state index is 9.21. The number of nitrogens with one attached hydrogen (secondary N) is 1. The summed E-state index contributed by atoms with van der Waals surface area (Å²) in [6.45, 7) is 1.09. The van der Waals surface area contributed by atoms with Gasteiger partial charge in [0, 0.05) is 12.1 Å². The molecule has 1 aromatic carbocycles. The molecule has 0 saturated heterocycles. The van der Waals surface area contributed by atoms with E-state index in [0.29, 0.717) is 23.1 Å². The molecule has 5 heteroatoms. The molecule has 0 bridgehead atoms. The van der Waals surface area contributed by atoms with Crippen molar-refractivity contribution >= 4 is 11.6 Å². The first kappa shape index (κ1) is 11.1. The zero-order valence-electron chi connectivity index (χ0n) is 9.33. The lowest BCUT2D eigenvalue weighted by atomic mass is 10.2. The van der Waals surface area contributed by atoms with Gasteiger partial charge < -0.3 is 19.9 Å². The lowest BCUT2D eigenvalue weighted by molar-refractivity contribution is 0.174. The summed E-state index contributed by atoms with van der Waals surface area (Å²) in [5.74, 6) is 1.32. The number of aliphatic hydroxyl groups is 1. The maximum Gasteiger partial charge on any atom is 0.231 e. The molecular formula is C12H14ClNO3. The van der Waals surface area contributed by atoms with Crippen LogP contribution in [0.5, 0.6) is 11.5 Å². The van der Waals surface area contributed by atoms with E-state index in [1.807, 2.05) is 12.1 Å². The van der Waals surface area contributed by atoms with Crippen molar-refractivity contribution in [2.75, 3.05) is 13.4 Å². The van der Waals surface area contributed by atoms with Crippen LogP contribution in [0.2, 0.25) is 5.02 Å². The van der Waals surface area contributed by atoms with Gasteiger partial charge in [-0.2, -0.15) is 0 Å². The van der Waals surface area contributed by atoms with Gasteiger partial charge in [0.1, 0.15) is 0 Å². The van der Waals surface area contributed by atoms with Crippen LogP contribution in [0.15, 0.2) is 12.1 Å². The minimum Gasteiger partial charge on any atom is -0.454 e. The molecule has 2 N–H and O–H groups in total. The number of rotatable bonds is 4. The van der Waals surface area contributed by atoms with Crippen molar-refractivity contribution in [2.24, 2.45) is 0 Å². The number of hydrogen-bond acceptors (Lipinski definition) is 4. The molecule has 1 aliphatic heterocycles. The monoisotopic (exact) mass is 255 g/mol. The van der Waals surface area contributed by atoms with E-state index < -0.39 is 0 Å². The fourth-order valence-corrected chi connectivity index (χ4v) is 2.24. The molecule has 1 fully saturated rings. The topological polar surface area (TPSA) is 50.7 Å². The van der Waals surface area contributed by atoms with Crippen molar-refractivity contribution in [3.8, 4) is 11.5 Å². The van der Waals surface area contributed by atoms with Crippen LogP contribution in [0.25, 0.3) is 0 Å². The van der Waals surface area contributed by atoms with Gasteiger partial charge in [-0.05, 0) is 30.5 Å². The maximum absolute atomic E-state index is 9.21. The third kappa shape index (κ3) is 2.08. The summed E-state index contributed by atoms with van der Waals surface area (Å²) in [5, 5.41) is 13.1. The van der Waals surface area contributed by atoms with Crippen molar-refractivity contribution in [3.63, 3.8) is 0 Å². The predicted octanol–water partition coefficient (Wildman–Crippen LogP) is 1.68. The van der Waals surface area contributed by atoms with Crippen LogP contribution >= 0.6 is 11.6 Å². The SMILES string of the molecule is OCC1(NCc2cc(Cl)c3c(c2)OCO3)CC1. The number of aliphatic hydroxyl groups excluding tert-OH is 1. The van der Waals surface area contributed by atoms with E-state index in [0.717, 1.165) is 18.4 Å². The van der Waals surface area contributed by atoms with E-state index >= 15 is 0 Å². The van der Waals surface area contributed by atoms with Crippen molar-refractivity contribution in [1.29, 1.82) is 0 Å². The van der Waals surface area contributed by atoms with E-state index in [1.165, 1.54) is 0 Å². The van der Waals surface area contributed by atoms with Crippen LogP contribution in [0, 0.1) is 0 Å². The Morgan fingerprint density at radius 1 is 1.35 bits per heavy atom. The van der Waals surface area contributed by atoms with Gasteiger partial charge in [0.25, 0.3) is 0 Å². The van der Waals surface area contributed by atoms with Crippen molar-refractivity contribution < 1.29 is 14.6 Å². The Labute approximate surface area is 104 Å².